The van der Waals surface area contributed by atoms with Crippen LogP contribution >= 0.6 is 12.2 Å². The summed E-state index contributed by atoms with van der Waals surface area (Å²) in [5.74, 6) is 0.00926. The van der Waals surface area contributed by atoms with Crippen molar-refractivity contribution < 1.29 is 10.2 Å². The van der Waals surface area contributed by atoms with Crippen LogP contribution in [0.5, 0.6) is 5.75 Å². The van der Waals surface area contributed by atoms with E-state index in [0.717, 1.165) is 0 Å². The lowest BCUT2D eigenvalue weighted by Crippen LogP contribution is -1.93. The number of benzene rings is 1. The molecule has 3 N–H and O–H groups in total. The van der Waals surface area contributed by atoms with Gasteiger partial charge in [-0.15, -0.1) is 5.53 Å². The van der Waals surface area contributed by atoms with E-state index in [-0.39, 0.29) is 10.8 Å². The van der Waals surface area contributed by atoms with Gasteiger partial charge in [-0.25, -0.2) is 0 Å². The molecule has 0 aliphatic rings. The molecule has 0 aliphatic carbocycles. The quantitative estimate of drug-likeness (QED) is 0.279. The van der Waals surface area contributed by atoms with Crippen molar-refractivity contribution in [2.24, 2.45) is 0 Å². The van der Waals surface area contributed by atoms with E-state index in [1.807, 2.05) is 0 Å². The number of nitrogens with one attached hydrogen (secondary N) is 1. The molecule has 0 atom stereocenters. The molecule has 0 saturated carbocycles. The highest BCUT2D eigenvalue weighted by Gasteiger charge is 2.01. The molecule has 0 radical (unpaired) electrons. The second kappa shape index (κ2) is 5.82. The second-order valence-electron chi connectivity index (χ2n) is 1.92. The van der Waals surface area contributed by atoms with Crippen LogP contribution in [-0.2, 0) is 0 Å². The van der Waals surface area contributed by atoms with Gasteiger partial charge in [0.05, 0.1) is 5.56 Å². The monoisotopic (exact) mass is 197 g/mol. The van der Waals surface area contributed by atoms with Crippen molar-refractivity contribution in [3.63, 3.8) is 0 Å². The molecule has 0 aliphatic heterocycles. The van der Waals surface area contributed by atoms with E-state index in [1.54, 1.807) is 23.1 Å². The molecule has 1 rings (SSSR count). The van der Waals surface area contributed by atoms with Crippen molar-refractivity contribution >= 4 is 17.3 Å². The Morgan fingerprint density at radius 2 is 1.92 bits per heavy atom. The van der Waals surface area contributed by atoms with Crippen LogP contribution in [0.3, 0.4) is 0 Å². The number of para-hydroxylation sites is 1. The third-order valence-corrected chi connectivity index (χ3v) is 1.35. The van der Waals surface area contributed by atoms with Crippen LogP contribution in [0.2, 0.25) is 0 Å². The van der Waals surface area contributed by atoms with Gasteiger partial charge in [0.2, 0.25) is 0 Å². The molecular formula is C7H7N3O2S. The summed E-state index contributed by atoms with van der Waals surface area (Å²) in [5.41, 5.74) is 12.6. The smallest absolute Gasteiger partial charge is 0.192 e. The maximum absolute atomic E-state index is 9.03. The Morgan fingerprint density at radius 1 is 1.46 bits per heavy atom. The average Bonchev–Trinajstić information content (AvgIpc) is 2.06. The fourth-order valence-corrected chi connectivity index (χ4v) is 0.827. The largest absolute Gasteiger partial charge is 0.507 e. The van der Waals surface area contributed by atoms with Crippen molar-refractivity contribution in [1.82, 2.24) is 0 Å². The number of hydrogen-bond donors (Lipinski definition) is 3. The number of aliphatic hydroxyl groups excluding tert-OH is 1. The molecule has 0 heterocycles. The Bertz CT molecular complexity index is 334. The van der Waals surface area contributed by atoms with Crippen LogP contribution in [0.15, 0.2) is 24.3 Å². The van der Waals surface area contributed by atoms with E-state index >= 15 is 0 Å². The lowest BCUT2D eigenvalue weighted by Gasteiger charge is -1.97. The molecule has 0 fully saturated rings. The molecule has 0 aromatic heterocycles. The third kappa shape index (κ3) is 3.95. The summed E-state index contributed by atoms with van der Waals surface area (Å²) in [6.45, 7) is 0. The van der Waals surface area contributed by atoms with Gasteiger partial charge in [-0.05, 0) is 34.8 Å². The molecule has 0 spiro atoms. The lowest BCUT2D eigenvalue weighted by molar-refractivity contribution is 0.470. The Balaban J connectivity index is 0.000000424. The fraction of sp³-hybridized carbons (Fsp3) is 0. The third-order valence-electron chi connectivity index (χ3n) is 1.13. The summed E-state index contributed by atoms with van der Waals surface area (Å²) >= 11 is 4.45. The number of aromatic hydroxyl groups is 1. The molecule has 1 aromatic rings. The predicted molar refractivity (Wildman–Crippen MR) is 51.9 cm³/mol. The van der Waals surface area contributed by atoms with Crippen LogP contribution in [0, 0.1) is 5.53 Å². The van der Waals surface area contributed by atoms with Crippen molar-refractivity contribution in [3.8, 4) is 5.75 Å². The number of hydrogen-bond acceptors (Lipinski definition) is 3. The number of phenols is 1. The van der Waals surface area contributed by atoms with Crippen molar-refractivity contribution in [3.05, 3.63) is 40.3 Å². The van der Waals surface area contributed by atoms with Gasteiger partial charge in [0.25, 0.3) is 0 Å². The first-order valence-electron chi connectivity index (χ1n) is 3.15. The number of rotatable bonds is 1. The topological polar surface area (TPSA) is 101 Å². The normalized spacial score (nSPS) is 7.69. The van der Waals surface area contributed by atoms with Crippen LogP contribution in [-0.4, -0.2) is 15.3 Å². The van der Waals surface area contributed by atoms with Gasteiger partial charge in [-0.3, -0.25) is 0 Å². The first-order valence-corrected chi connectivity index (χ1v) is 3.56. The summed E-state index contributed by atoms with van der Waals surface area (Å²) in [5, 5.41) is 17.5. The Hall–Kier alpha value is -1.78. The van der Waals surface area contributed by atoms with Gasteiger partial charge in [0.15, 0.2) is 5.05 Å². The fourth-order valence-electron chi connectivity index (χ4n) is 0.654. The van der Waals surface area contributed by atoms with E-state index in [1.165, 1.54) is 6.07 Å². The molecule has 0 bridgehead atoms. The van der Waals surface area contributed by atoms with Crippen LogP contribution in [0.4, 0.5) is 0 Å². The summed E-state index contributed by atoms with van der Waals surface area (Å²) in [7, 11) is 0. The molecular weight excluding hydrogens is 190 g/mol. The summed E-state index contributed by atoms with van der Waals surface area (Å²) in [6, 6.07) is 6.38. The minimum absolute atomic E-state index is 0.00926. The van der Waals surface area contributed by atoms with Gasteiger partial charge < -0.3 is 10.2 Å². The number of aliphatic hydroxyl groups is 1. The Labute approximate surface area is 79.7 Å². The number of nitrogens with zero attached hydrogens (tertiary/aromatic N) is 2. The SMILES string of the molecule is OC(=S)c1ccccc1O.[N-]=[N+]=N. The van der Waals surface area contributed by atoms with Crippen LogP contribution in [0.25, 0.3) is 10.4 Å². The standard InChI is InChI=1S/C7H6O2S.HN3/c8-6-4-2-1-3-5(6)7(9)10;1-3-2/h1-4,8H,(H,9,10);1H. The molecule has 1 aromatic carbocycles. The molecule has 68 valence electrons. The molecule has 0 unspecified atom stereocenters. The first kappa shape index (κ1) is 11.2. The van der Waals surface area contributed by atoms with E-state index in [0.29, 0.717) is 5.56 Å². The zero-order chi connectivity index (χ0) is 10.3. The van der Waals surface area contributed by atoms with Crippen molar-refractivity contribution in [2.45, 2.75) is 0 Å². The molecule has 6 heteroatoms. The Kier molecular flexibility index (Phi) is 5.02. The first-order chi connectivity index (χ1) is 6.13. The highest BCUT2D eigenvalue weighted by molar-refractivity contribution is 7.80. The van der Waals surface area contributed by atoms with Crippen LogP contribution < -0.4 is 0 Å². The molecule has 0 saturated heterocycles. The van der Waals surface area contributed by atoms with E-state index in [2.05, 4.69) is 12.2 Å². The molecule has 13 heavy (non-hydrogen) atoms. The van der Waals surface area contributed by atoms with Crippen molar-refractivity contribution in [1.29, 1.82) is 5.53 Å². The maximum Gasteiger partial charge on any atom is 0.192 e. The maximum atomic E-state index is 9.03. The minimum Gasteiger partial charge on any atom is -0.507 e. The molecule has 0 amide bonds. The second-order valence-corrected chi connectivity index (χ2v) is 2.31. The molecule has 5 nitrogen and oxygen atoms in total. The van der Waals surface area contributed by atoms with Gasteiger partial charge in [-0.1, -0.05) is 12.1 Å². The number of thiocarbonyl (C=S) groups is 1. The van der Waals surface area contributed by atoms with Gasteiger partial charge in [0, 0.05) is 0 Å². The number of phenolic OH excluding ortho intramolecular Hbond substituents is 1. The highest BCUT2D eigenvalue weighted by Crippen LogP contribution is 2.15. The van der Waals surface area contributed by atoms with Gasteiger partial charge in [-0.2, -0.15) is 0 Å². The summed E-state index contributed by atoms with van der Waals surface area (Å²) in [6.07, 6.45) is 0. The van der Waals surface area contributed by atoms with Gasteiger partial charge in [0.1, 0.15) is 5.75 Å². The van der Waals surface area contributed by atoms with Crippen LogP contribution in [0.1, 0.15) is 5.56 Å². The van der Waals surface area contributed by atoms with Gasteiger partial charge >= 0.3 is 0 Å². The minimum atomic E-state index is -0.280. The lowest BCUT2D eigenvalue weighted by atomic mass is 10.2. The van der Waals surface area contributed by atoms with E-state index in [4.69, 9.17) is 21.3 Å². The predicted octanol–water partition coefficient (Wildman–Crippen LogP) is 2.50. The summed E-state index contributed by atoms with van der Waals surface area (Å²) < 4.78 is 0. The van der Waals surface area contributed by atoms with E-state index < -0.39 is 0 Å². The highest BCUT2D eigenvalue weighted by atomic mass is 32.1. The zero-order valence-corrected chi connectivity index (χ0v) is 7.32. The van der Waals surface area contributed by atoms with Crippen molar-refractivity contribution in [2.75, 3.05) is 0 Å². The summed E-state index contributed by atoms with van der Waals surface area (Å²) in [4.78, 5) is 1.75. The average molecular weight is 197 g/mol. The zero-order valence-electron chi connectivity index (χ0n) is 6.51. The van der Waals surface area contributed by atoms with E-state index in [9.17, 15) is 0 Å². The Morgan fingerprint density at radius 3 is 2.23 bits per heavy atom.